The smallest absolute Gasteiger partial charge is 0.175 e. The predicted molar refractivity (Wildman–Crippen MR) is 44.9 cm³/mol. The fraction of sp³-hybridized carbons (Fsp3) is 0.429. The van der Waals surface area contributed by atoms with Crippen LogP contribution >= 0.6 is 11.5 Å². The molecule has 0 bridgehead atoms. The van der Waals surface area contributed by atoms with Crippen LogP contribution in [0.25, 0.3) is 0 Å². The van der Waals surface area contributed by atoms with Crippen molar-refractivity contribution in [2.75, 3.05) is 6.54 Å². The van der Waals surface area contributed by atoms with Crippen molar-refractivity contribution in [2.24, 2.45) is 5.73 Å². The van der Waals surface area contributed by atoms with Gasteiger partial charge in [-0.25, -0.2) is 0 Å². The summed E-state index contributed by atoms with van der Waals surface area (Å²) >= 11 is 1.24. The number of hydrogen-bond donors (Lipinski definition) is 1. The Morgan fingerprint density at radius 2 is 2.55 bits per heavy atom. The SMILES string of the molecule is Cc1cc(C(=O)CCN)sn1. The molecule has 0 saturated carbocycles. The first-order chi connectivity index (χ1) is 5.24. The number of hydrogen-bond acceptors (Lipinski definition) is 4. The highest BCUT2D eigenvalue weighted by atomic mass is 32.1. The zero-order chi connectivity index (χ0) is 8.27. The fourth-order valence-corrected chi connectivity index (χ4v) is 1.47. The van der Waals surface area contributed by atoms with Gasteiger partial charge in [0.05, 0.1) is 10.6 Å². The quantitative estimate of drug-likeness (QED) is 0.688. The van der Waals surface area contributed by atoms with Crippen LogP contribution in [0.1, 0.15) is 21.8 Å². The summed E-state index contributed by atoms with van der Waals surface area (Å²) in [4.78, 5) is 11.9. The van der Waals surface area contributed by atoms with Crippen LogP contribution < -0.4 is 5.73 Å². The maximum atomic E-state index is 11.1. The molecule has 0 amide bonds. The van der Waals surface area contributed by atoms with Crippen molar-refractivity contribution in [3.05, 3.63) is 16.6 Å². The van der Waals surface area contributed by atoms with Crippen molar-refractivity contribution in [2.45, 2.75) is 13.3 Å². The van der Waals surface area contributed by atoms with E-state index in [2.05, 4.69) is 4.37 Å². The molecule has 0 radical (unpaired) electrons. The summed E-state index contributed by atoms with van der Waals surface area (Å²) in [7, 11) is 0. The van der Waals surface area contributed by atoms with Gasteiger partial charge in [0.25, 0.3) is 0 Å². The molecule has 0 saturated heterocycles. The Kier molecular flexibility index (Phi) is 2.73. The molecule has 0 aliphatic heterocycles. The van der Waals surface area contributed by atoms with E-state index in [1.165, 1.54) is 11.5 Å². The third-order valence-corrected chi connectivity index (χ3v) is 2.20. The van der Waals surface area contributed by atoms with Gasteiger partial charge in [0.15, 0.2) is 5.78 Å². The van der Waals surface area contributed by atoms with Crippen molar-refractivity contribution < 1.29 is 4.79 Å². The van der Waals surface area contributed by atoms with Crippen molar-refractivity contribution >= 4 is 17.3 Å². The molecule has 60 valence electrons. The van der Waals surface area contributed by atoms with E-state index in [0.717, 1.165) is 5.69 Å². The zero-order valence-electron chi connectivity index (χ0n) is 6.33. The van der Waals surface area contributed by atoms with Crippen molar-refractivity contribution in [1.29, 1.82) is 0 Å². The maximum absolute atomic E-state index is 11.1. The summed E-state index contributed by atoms with van der Waals surface area (Å²) in [6.07, 6.45) is 0.418. The third kappa shape index (κ3) is 2.10. The van der Waals surface area contributed by atoms with Gasteiger partial charge in [-0.05, 0) is 31.1 Å². The van der Waals surface area contributed by atoms with Crippen LogP contribution in [0, 0.1) is 6.92 Å². The van der Waals surface area contributed by atoms with E-state index in [9.17, 15) is 4.79 Å². The van der Waals surface area contributed by atoms with Gasteiger partial charge in [-0.15, -0.1) is 0 Å². The van der Waals surface area contributed by atoms with E-state index in [1.54, 1.807) is 6.07 Å². The van der Waals surface area contributed by atoms with Gasteiger partial charge in [-0.2, -0.15) is 4.37 Å². The molecule has 4 heteroatoms. The van der Waals surface area contributed by atoms with Crippen molar-refractivity contribution in [1.82, 2.24) is 4.37 Å². The lowest BCUT2D eigenvalue weighted by molar-refractivity contribution is 0.0989. The lowest BCUT2D eigenvalue weighted by atomic mass is 10.2. The van der Waals surface area contributed by atoms with Crippen LogP contribution in [-0.4, -0.2) is 16.7 Å². The van der Waals surface area contributed by atoms with E-state index >= 15 is 0 Å². The molecule has 0 unspecified atom stereocenters. The normalized spacial score (nSPS) is 10.0. The summed E-state index contributed by atoms with van der Waals surface area (Å²) in [5.41, 5.74) is 6.14. The van der Waals surface area contributed by atoms with E-state index in [4.69, 9.17) is 5.73 Å². The highest BCUT2D eigenvalue weighted by molar-refractivity contribution is 7.08. The van der Waals surface area contributed by atoms with Crippen LogP contribution in [0.3, 0.4) is 0 Å². The number of nitrogens with zero attached hydrogens (tertiary/aromatic N) is 1. The minimum Gasteiger partial charge on any atom is -0.330 e. The van der Waals surface area contributed by atoms with Gasteiger partial charge in [0.2, 0.25) is 0 Å². The number of Topliss-reactive ketones (excluding diaryl/α,β-unsaturated/α-hetero) is 1. The lowest BCUT2D eigenvalue weighted by Gasteiger charge is -1.90. The first-order valence-corrected chi connectivity index (χ1v) is 4.18. The van der Waals surface area contributed by atoms with E-state index < -0.39 is 0 Å². The first kappa shape index (κ1) is 8.36. The predicted octanol–water partition coefficient (Wildman–Crippen LogP) is 0.983. The second kappa shape index (κ2) is 3.59. The minimum absolute atomic E-state index is 0.0955. The Morgan fingerprint density at radius 3 is 3.00 bits per heavy atom. The Hall–Kier alpha value is -0.740. The molecule has 1 rings (SSSR count). The summed E-state index contributed by atoms with van der Waals surface area (Å²) < 4.78 is 4.00. The fourth-order valence-electron chi connectivity index (χ4n) is 0.749. The molecular formula is C7H10N2OS. The Balaban J connectivity index is 2.69. The molecule has 1 aromatic rings. The Bertz CT molecular complexity index is 257. The largest absolute Gasteiger partial charge is 0.330 e. The van der Waals surface area contributed by atoms with Crippen LogP contribution in [0.4, 0.5) is 0 Å². The van der Waals surface area contributed by atoms with Gasteiger partial charge < -0.3 is 5.73 Å². The van der Waals surface area contributed by atoms with E-state index in [-0.39, 0.29) is 5.78 Å². The van der Waals surface area contributed by atoms with Crippen LogP contribution in [-0.2, 0) is 0 Å². The van der Waals surface area contributed by atoms with E-state index in [1.807, 2.05) is 6.92 Å². The minimum atomic E-state index is 0.0955. The molecule has 3 nitrogen and oxygen atoms in total. The van der Waals surface area contributed by atoms with Crippen molar-refractivity contribution in [3.8, 4) is 0 Å². The van der Waals surface area contributed by atoms with Gasteiger partial charge in [-0.1, -0.05) is 0 Å². The number of nitrogens with two attached hydrogens (primary N) is 1. The van der Waals surface area contributed by atoms with Crippen LogP contribution in [0.2, 0.25) is 0 Å². The summed E-state index contributed by atoms with van der Waals surface area (Å²) in [5.74, 6) is 0.0955. The zero-order valence-corrected chi connectivity index (χ0v) is 7.15. The first-order valence-electron chi connectivity index (χ1n) is 3.40. The number of carbonyl (C=O) groups is 1. The average Bonchev–Trinajstić information content (AvgIpc) is 2.36. The highest BCUT2D eigenvalue weighted by Gasteiger charge is 2.06. The molecule has 0 aromatic carbocycles. The van der Waals surface area contributed by atoms with E-state index in [0.29, 0.717) is 17.8 Å². The Morgan fingerprint density at radius 1 is 1.82 bits per heavy atom. The molecule has 1 aromatic heterocycles. The van der Waals surface area contributed by atoms with Crippen molar-refractivity contribution in [3.63, 3.8) is 0 Å². The van der Waals surface area contributed by atoms with Gasteiger partial charge >= 0.3 is 0 Å². The van der Waals surface area contributed by atoms with Crippen LogP contribution in [0.5, 0.6) is 0 Å². The molecule has 1 heterocycles. The summed E-state index contributed by atoms with van der Waals surface area (Å²) in [6.45, 7) is 2.28. The molecular weight excluding hydrogens is 160 g/mol. The number of ketones is 1. The summed E-state index contributed by atoms with van der Waals surface area (Å²) in [5, 5.41) is 0. The second-order valence-corrected chi connectivity index (χ2v) is 3.10. The van der Waals surface area contributed by atoms with Crippen LogP contribution in [0.15, 0.2) is 6.07 Å². The maximum Gasteiger partial charge on any atom is 0.175 e. The molecule has 0 atom stereocenters. The molecule has 2 N–H and O–H groups in total. The Labute approximate surface area is 69.4 Å². The number of carbonyl (C=O) groups excluding carboxylic acids is 1. The summed E-state index contributed by atoms with van der Waals surface area (Å²) in [6, 6.07) is 1.79. The van der Waals surface area contributed by atoms with Gasteiger partial charge in [-0.3, -0.25) is 4.79 Å². The number of aryl methyl sites for hydroxylation is 1. The molecule has 0 spiro atoms. The number of rotatable bonds is 3. The average molecular weight is 170 g/mol. The number of aromatic nitrogens is 1. The highest BCUT2D eigenvalue weighted by Crippen LogP contribution is 2.10. The lowest BCUT2D eigenvalue weighted by Crippen LogP contribution is -2.06. The third-order valence-electron chi connectivity index (χ3n) is 1.27. The molecule has 0 aliphatic rings. The topological polar surface area (TPSA) is 56.0 Å². The molecule has 11 heavy (non-hydrogen) atoms. The molecule has 0 fully saturated rings. The second-order valence-electron chi connectivity index (χ2n) is 2.29. The van der Waals surface area contributed by atoms with Gasteiger partial charge in [0, 0.05) is 6.42 Å². The van der Waals surface area contributed by atoms with Gasteiger partial charge in [0.1, 0.15) is 0 Å². The molecule has 0 aliphatic carbocycles. The standard InChI is InChI=1S/C7H10N2OS/c1-5-4-7(11-9-5)6(10)2-3-8/h4H,2-3,8H2,1H3. The monoisotopic (exact) mass is 170 g/mol.